The van der Waals surface area contributed by atoms with Gasteiger partial charge in [0.15, 0.2) is 0 Å². The highest BCUT2D eigenvalue weighted by Gasteiger charge is 1.90. The summed E-state index contributed by atoms with van der Waals surface area (Å²) in [5.41, 5.74) is 9.96. The zero-order chi connectivity index (χ0) is 12.6. The molecule has 0 saturated heterocycles. The molecule has 2 aromatic rings. The summed E-state index contributed by atoms with van der Waals surface area (Å²) in [6.07, 6.45) is 0. The predicted octanol–water partition coefficient (Wildman–Crippen LogP) is 3.11. The van der Waals surface area contributed by atoms with Gasteiger partial charge in [-0.25, -0.2) is 0 Å². The quantitative estimate of drug-likeness (QED) is 0.373. The summed E-state index contributed by atoms with van der Waals surface area (Å²) < 4.78 is 0. The van der Waals surface area contributed by atoms with E-state index in [1.165, 1.54) is 0 Å². The minimum Gasteiger partial charge on any atom is -0.365 e. The molecule has 0 fully saturated rings. The standard InChI is InChI=1S/C13H13N5/c14-13(17-15-11-7-3-1-4-8-11)18-16-12-9-5-2-6-10-12/h1-10,15H,(H2,14,17). The van der Waals surface area contributed by atoms with Crippen LogP contribution in [0.3, 0.4) is 0 Å². The van der Waals surface area contributed by atoms with Crippen molar-refractivity contribution in [2.45, 2.75) is 0 Å². The third-order valence-corrected chi connectivity index (χ3v) is 2.10. The van der Waals surface area contributed by atoms with Gasteiger partial charge >= 0.3 is 0 Å². The van der Waals surface area contributed by atoms with Crippen molar-refractivity contribution in [2.75, 3.05) is 5.43 Å². The zero-order valence-corrected chi connectivity index (χ0v) is 9.69. The van der Waals surface area contributed by atoms with Crippen LogP contribution in [-0.4, -0.2) is 5.96 Å². The van der Waals surface area contributed by atoms with Gasteiger partial charge in [0.2, 0.25) is 0 Å². The van der Waals surface area contributed by atoms with E-state index in [9.17, 15) is 0 Å². The summed E-state index contributed by atoms with van der Waals surface area (Å²) in [6.45, 7) is 0. The lowest BCUT2D eigenvalue weighted by Gasteiger charge is -1.98. The normalized spacial score (nSPS) is 11.7. The number of nitrogens with two attached hydrogens (primary N) is 1. The molecule has 0 aliphatic carbocycles. The van der Waals surface area contributed by atoms with E-state index < -0.39 is 0 Å². The molecular formula is C13H13N5. The Morgan fingerprint density at radius 1 is 0.889 bits per heavy atom. The predicted molar refractivity (Wildman–Crippen MR) is 72.6 cm³/mol. The van der Waals surface area contributed by atoms with Gasteiger partial charge in [-0.3, -0.25) is 5.43 Å². The summed E-state index contributed by atoms with van der Waals surface area (Å²) in [5, 5.41) is 11.6. The minimum atomic E-state index is 0.0720. The molecule has 0 aromatic heterocycles. The van der Waals surface area contributed by atoms with Crippen molar-refractivity contribution in [1.29, 1.82) is 0 Å². The fourth-order valence-corrected chi connectivity index (χ4v) is 1.26. The molecule has 0 aliphatic rings. The second kappa shape index (κ2) is 6.15. The van der Waals surface area contributed by atoms with E-state index >= 15 is 0 Å². The smallest absolute Gasteiger partial charge is 0.257 e. The van der Waals surface area contributed by atoms with Crippen LogP contribution in [0, 0.1) is 0 Å². The molecule has 3 N–H and O–H groups in total. The summed E-state index contributed by atoms with van der Waals surface area (Å²) in [6, 6.07) is 18.8. The Balaban J connectivity index is 1.96. The van der Waals surface area contributed by atoms with Gasteiger partial charge in [0.05, 0.1) is 11.4 Å². The third kappa shape index (κ3) is 3.71. The van der Waals surface area contributed by atoms with E-state index in [1.54, 1.807) is 0 Å². The first-order valence-corrected chi connectivity index (χ1v) is 5.45. The molecule has 0 unspecified atom stereocenters. The Labute approximate surface area is 105 Å². The Kier molecular flexibility index (Phi) is 4.02. The van der Waals surface area contributed by atoms with Gasteiger partial charge in [-0.15, -0.1) is 15.3 Å². The Hall–Kier alpha value is -2.69. The average molecular weight is 239 g/mol. The number of hydrogen-bond acceptors (Lipinski definition) is 3. The van der Waals surface area contributed by atoms with Gasteiger partial charge < -0.3 is 5.73 Å². The molecule has 0 aliphatic heterocycles. The van der Waals surface area contributed by atoms with Crippen molar-refractivity contribution >= 4 is 17.3 Å². The first kappa shape index (κ1) is 11.8. The lowest BCUT2D eigenvalue weighted by molar-refractivity contribution is 1.20. The highest BCUT2D eigenvalue weighted by atomic mass is 15.4. The lowest BCUT2D eigenvalue weighted by Crippen LogP contribution is -2.09. The average Bonchev–Trinajstić information content (AvgIpc) is 2.45. The van der Waals surface area contributed by atoms with E-state index in [2.05, 4.69) is 20.8 Å². The van der Waals surface area contributed by atoms with E-state index in [0.717, 1.165) is 11.4 Å². The van der Waals surface area contributed by atoms with Crippen LogP contribution in [0.1, 0.15) is 0 Å². The highest BCUT2D eigenvalue weighted by molar-refractivity contribution is 5.79. The maximum atomic E-state index is 5.60. The molecule has 0 amide bonds. The van der Waals surface area contributed by atoms with Crippen LogP contribution in [0.2, 0.25) is 0 Å². The molecule has 0 bridgehead atoms. The molecule has 0 radical (unpaired) electrons. The van der Waals surface area contributed by atoms with Crippen LogP contribution >= 0.6 is 0 Å². The first-order chi connectivity index (χ1) is 8.84. The van der Waals surface area contributed by atoms with Crippen LogP contribution < -0.4 is 11.2 Å². The molecule has 18 heavy (non-hydrogen) atoms. The number of guanidine groups is 1. The SMILES string of the molecule is N/C(N=Nc1ccccc1)=N\Nc1ccccc1. The summed E-state index contributed by atoms with van der Waals surface area (Å²) in [5.74, 6) is 0.0720. The molecular weight excluding hydrogens is 226 g/mol. The number of hydrazone groups is 1. The van der Waals surface area contributed by atoms with Gasteiger partial charge in [0, 0.05) is 0 Å². The number of para-hydroxylation sites is 1. The van der Waals surface area contributed by atoms with Gasteiger partial charge in [0.1, 0.15) is 0 Å². The summed E-state index contributed by atoms with van der Waals surface area (Å²) in [7, 11) is 0. The topological polar surface area (TPSA) is 75.1 Å². The van der Waals surface area contributed by atoms with Crippen LogP contribution in [0.4, 0.5) is 11.4 Å². The number of anilines is 1. The summed E-state index contributed by atoms with van der Waals surface area (Å²) in [4.78, 5) is 0. The fourth-order valence-electron chi connectivity index (χ4n) is 1.26. The molecule has 2 rings (SSSR count). The van der Waals surface area contributed by atoms with Gasteiger partial charge in [0.25, 0.3) is 5.96 Å². The van der Waals surface area contributed by atoms with Gasteiger partial charge in [-0.1, -0.05) is 36.4 Å². The number of benzene rings is 2. The monoisotopic (exact) mass is 239 g/mol. The van der Waals surface area contributed by atoms with E-state index in [4.69, 9.17) is 5.73 Å². The Bertz CT molecular complexity index is 534. The van der Waals surface area contributed by atoms with E-state index in [-0.39, 0.29) is 5.96 Å². The number of azo groups is 1. The van der Waals surface area contributed by atoms with Crippen LogP contribution in [0.5, 0.6) is 0 Å². The lowest BCUT2D eigenvalue weighted by atomic mass is 10.3. The third-order valence-electron chi connectivity index (χ3n) is 2.10. The largest absolute Gasteiger partial charge is 0.365 e. The molecule has 5 heteroatoms. The number of nitrogens with one attached hydrogen (secondary N) is 1. The molecule has 0 saturated carbocycles. The molecule has 5 nitrogen and oxygen atoms in total. The van der Waals surface area contributed by atoms with Gasteiger partial charge in [-0.2, -0.15) is 0 Å². The van der Waals surface area contributed by atoms with Gasteiger partial charge in [-0.05, 0) is 24.3 Å². The Morgan fingerprint density at radius 3 is 2.17 bits per heavy atom. The zero-order valence-electron chi connectivity index (χ0n) is 9.69. The van der Waals surface area contributed by atoms with Crippen molar-refractivity contribution in [3.05, 3.63) is 60.7 Å². The minimum absolute atomic E-state index is 0.0720. The molecule has 2 aromatic carbocycles. The van der Waals surface area contributed by atoms with Crippen LogP contribution in [0.15, 0.2) is 76.0 Å². The highest BCUT2D eigenvalue weighted by Crippen LogP contribution is 2.10. The van der Waals surface area contributed by atoms with E-state index in [1.807, 2.05) is 60.7 Å². The van der Waals surface area contributed by atoms with Crippen molar-refractivity contribution in [3.63, 3.8) is 0 Å². The summed E-state index contributed by atoms with van der Waals surface area (Å²) >= 11 is 0. The van der Waals surface area contributed by atoms with Crippen molar-refractivity contribution in [2.24, 2.45) is 21.1 Å². The molecule has 90 valence electrons. The molecule has 0 heterocycles. The Morgan fingerprint density at radius 2 is 1.50 bits per heavy atom. The van der Waals surface area contributed by atoms with E-state index in [0.29, 0.717) is 0 Å². The van der Waals surface area contributed by atoms with Crippen molar-refractivity contribution in [3.8, 4) is 0 Å². The van der Waals surface area contributed by atoms with Crippen LogP contribution in [0.25, 0.3) is 0 Å². The number of nitrogens with zero attached hydrogens (tertiary/aromatic N) is 3. The number of rotatable bonds is 3. The first-order valence-electron chi connectivity index (χ1n) is 5.45. The van der Waals surface area contributed by atoms with Crippen molar-refractivity contribution < 1.29 is 0 Å². The number of hydrogen-bond donors (Lipinski definition) is 2. The second-order valence-electron chi connectivity index (χ2n) is 3.48. The molecule has 0 spiro atoms. The second-order valence-corrected chi connectivity index (χ2v) is 3.48. The maximum absolute atomic E-state index is 5.60. The maximum Gasteiger partial charge on any atom is 0.257 e. The van der Waals surface area contributed by atoms with Crippen LogP contribution in [-0.2, 0) is 0 Å². The fraction of sp³-hybridized carbons (Fsp3) is 0. The molecule has 0 atom stereocenters. The van der Waals surface area contributed by atoms with Crippen molar-refractivity contribution in [1.82, 2.24) is 0 Å².